The molecule has 1 rings (SSSR count). The summed E-state index contributed by atoms with van der Waals surface area (Å²) in [6.07, 6.45) is 7.23. The van der Waals surface area contributed by atoms with Crippen LogP contribution in [0.4, 0.5) is 0 Å². The Kier molecular flexibility index (Phi) is 3.49. The molecule has 0 aromatic heterocycles. The molecule has 0 atom stereocenters. The normalized spacial score (nSPS) is 18.3. The summed E-state index contributed by atoms with van der Waals surface area (Å²) in [6.45, 7) is 2.27. The Hall–Kier alpha value is 0.350. The third-order valence-corrected chi connectivity index (χ3v) is 3.09. The number of rotatable bonds is 5. The van der Waals surface area contributed by atoms with Crippen LogP contribution in [0.25, 0.3) is 0 Å². The minimum Gasteiger partial charge on any atom is -0.159 e. The highest BCUT2D eigenvalue weighted by Gasteiger charge is 2.20. The molecule has 0 saturated heterocycles. The number of thioether (sulfide) groups is 1. The van der Waals surface area contributed by atoms with Gasteiger partial charge in [0.1, 0.15) is 0 Å². The van der Waals surface area contributed by atoms with Crippen LogP contribution in [0.1, 0.15) is 39.0 Å². The molecule has 0 aliphatic heterocycles. The third kappa shape index (κ3) is 3.85. The molecule has 0 N–H and O–H groups in total. The Balaban J connectivity index is 1.71. The predicted molar refractivity (Wildman–Crippen MR) is 45.0 cm³/mol. The summed E-state index contributed by atoms with van der Waals surface area (Å²) in [4.78, 5) is 0. The standard InChI is InChI=1S/C8H16S/c1-2-3-4-7-9-8-5-6-8/h8H,2-7H2,1H3. The Labute approximate surface area is 62.4 Å². The first-order chi connectivity index (χ1) is 4.43. The van der Waals surface area contributed by atoms with Crippen molar-refractivity contribution in [3.05, 3.63) is 0 Å². The highest BCUT2D eigenvalue weighted by atomic mass is 32.2. The summed E-state index contributed by atoms with van der Waals surface area (Å²) >= 11 is 2.18. The largest absolute Gasteiger partial charge is 0.159 e. The van der Waals surface area contributed by atoms with Gasteiger partial charge in [0.05, 0.1) is 0 Å². The molecule has 0 aromatic carbocycles. The zero-order valence-electron chi connectivity index (χ0n) is 6.23. The SMILES string of the molecule is CCCCCSC1CC1. The van der Waals surface area contributed by atoms with Crippen LogP contribution in [-0.4, -0.2) is 11.0 Å². The first-order valence-corrected chi connectivity index (χ1v) is 5.10. The van der Waals surface area contributed by atoms with Gasteiger partial charge in [0.2, 0.25) is 0 Å². The van der Waals surface area contributed by atoms with Crippen LogP contribution >= 0.6 is 11.8 Å². The van der Waals surface area contributed by atoms with Crippen LogP contribution in [0.2, 0.25) is 0 Å². The van der Waals surface area contributed by atoms with Crippen LogP contribution in [0.5, 0.6) is 0 Å². The van der Waals surface area contributed by atoms with Crippen LogP contribution in [0.3, 0.4) is 0 Å². The molecule has 0 bridgehead atoms. The maximum Gasteiger partial charge on any atom is 0.00478 e. The van der Waals surface area contributed by atoms with Crippen molar-refractivity contribution in [1.82, 2.24) is 0 Å². The predicted octanol–water partition coefficient (Wildman–Crippen LogP) is 3.07. The van der Waals surface area contributed by atoms with E-state index in [9.17, 15) is 0 Å². The van der Waals surface area contributed by atoms with Crippen molar-refractivity contribution in [3.8, 4) is 0 Å². The molecule has 0 aromatic rings. The van der Waals surface area contributed by atoms with E-state index in [1.165, 1.54) is 37.9 Å². The van der Waals surface area contributed by atoms with Gasteiger partial charge in [-0.25, -0.2) is 0 Å². The molecule has 0 radical (unpaired) electrons. The van der Waals surface area contributed by atoms with Crippen molar-refractivity contribution in [2.75, 3.05) is 5.75 Å². The van der Waals surface area contributed by atoms with Crippen molar-refractivity contribution in [1.29, 1.82) is 0 Å². The van der Waals surface area contributed by atoms with E-state index < -0.39 is 0 Å². The second-order valence-corrected chi connectivity index (χ2v) is 4.19. The summed E-state index contributed by atoms with van der Waals surface area (Å²) in [5.41, 5.74) is 0. The highest BCUT2D eigenvalue weighted by Crippen LogP contribution is 2.34. The molecule has 0 amide bonds. The Morgan fingerprint density at radius 2 is 2.11 bits per heavy atom. The maximum absolute atomic E-state index is 2.27. The molecule has 1 aliphatic rings. The van der Waals surface area contributed by atoms with Gasteiger partial charge in [-0.15, -0.1) is 0 Å². The quantitative estimate of drug-likeness (QED) is 0.534. The Morgan fingerprint density at radius 1 is 1.33 bits per heavy atom. The third-order valence-electron chi connectivity index (χ3n) is 1.63. The van der Waals surface area contributed by atoms with E-state index in [0.717, 1.165) is 5.25 Å². The summed E-state index contributed by atoms with van der Waals surface area (Å²) < 4.78 is 0. The second kappa shape index (κ2) is 4.21. The molecule has 0 nitrogen and oxygen atoms in total. The van der Waals surface area contributed by atoms with E-state index in [1.54, 1.807) is 0 Å². The lowest BCUT2D eigenvalue weighted by Gasteiger charge is -1.95. The topological polar surface area (TPSA) is 0 Å². The summed E-state index contributed by atoms with van der Waals surface area (Å²) in [5.74, 6) is 1.42. The van der Waals surface area contributed by atoms with E-state index in [-0.39, 0.29) is 0 Å². The van der Waals surface area contributed by atoms with E-state index in [1.807, 2.05) is 0 Å². The molecule has 1 heteroatoms. The zero-order chi connectivity index (χ0) is 6.53. The lowest BCUT2D eigenvalue weighted by atomic mass is 10.3. The number of unbranched alkanes of at least 4 members (excludes halogenated alkanes) is 2. The van der Waals surface area contributed by atoms with Crippen molar-refractivity contribution in [3.63, 3.8) is 0 Å². The molecule has 0 heterocycles. The monoisotopic (exact) mass is 144 g/mol. The average Bonchev–Trinajstić information content (AvgIpc) is 2.63. The van der Waals surface area contributed by atoms with Gasteiger partial charge < -0.3 is 0 Å². The summed E-state index contributed by atoms with van der Waals surface area (Å²) in [6, 6.07) is 0. The van der Waals surface area contributed by atoms with Crippen LogP contribution in [-0.2, 0) is 0 Å². The molecular formula is C8H16S. The second-order valence-electron chi connectivity index (χ2n) is 2.78. The van der Waals surface area contributed by atoms with Gasteiger partial charge in [0.15, 0.2) is 0 Å². The smallest absolute Gasteiger partial charge is 0.00478 e. The van der Waals surface area contributed by atoms with Gasteiger partial charge in [0.25, 0.3) is 0 Å². The zero-order valence-corrected chi connectivity index (χ0v) is 7.04. The van der Waals surface area contributed by atoms with Gasteiger partial charge in [-0.1, -0.05) is 19.8 Å². The van der Waals surface area contributed by atoms with Gasteiger partial charge in [-0.05, 0) is 25.0 Å². The highest BCUT2D eigenvalue weighted by molar-refractivity contribution is 8.00. The summed E-state index contributed by atoms with van der Waals surface area (Å²) in [7, 11) is 0. The van der Waals surface area contributed by atoms with Crippen LogP contribution in [0.15, 0.2) is 0 Å². The molecular weight excluding hydrogens is 128 g/mol. The Morgan fingerprint density at radius 3 is 2.67 bits per heavy atom. The van der Waals surface area contributed by atoms with Crippen molar-refractivity contribution >= 4 is 11.8 Å². The van der Waals surface area contributed by atoms with Gasteiger partial charge in [-0.2, -0.15) is 11.8 Å². The fraction of sp³-hybridized carbons (Fsp3) is 1.00. The lowest BCUT2D eigenvalue weighted by molar-refractivity contribution is 0.778. The van der Waals surface area contributed by atoms with E-state index in [4.69, 9.17) is 0 Å². The van der Waals surface area contributed by atoms with Crippen molar-refractivity contribution in [2.45, 2.75) is 44.3 Å². The van der Waals surface area contributed by atoms with Gasteiger partial charge in [-0.3, -0.25) is 0 Å². The van der Waals surface area contributed by atoms with Crippen LogP contribution < -0.4 is 0 Å². The first kappa shape index (κ1) is 7.46. The fourth-order valence-corrected chi connectivity index (χ4v) is 2.01. The number of hydrogen-bond donors (Lipinski definition) is 0. The van der Waals surface area contributed by atoms with Gasteiger partial charge in [0, 0.05) is 5.25 Å². The molecule has 0 spiro atoms. The van der Waals surface area contributed by atoms with Crippen molar-refractivity contribution in [2.24, 2.45) is 0 Å². The molecule has 0 unspecified atom stereocenters. The molecule has 1 saturated carbocycles. The molecule has 1 aliphatic carbocycles. The summed E-state index contributed by atoms with van der Waals surface area (Å²) in [5, 5.41) is 1.07. The maximum atomic E-state index is 2.27. The Bertz CT molecular complexity index is 67.0. The average molecular weight is 144 g/mol. The molecule has 1 fully saturated rings. The van der Waals surface area contributed by atoms with E-state index in [2.05, 4.69) is 18.7 Å². The minimum atomic E-state index is 1.07. The number of hydrogen-bond acceptors (Lipinski definition) is 1. The van der Waals surface area contributed by atoms with Crippen molar-refractivity contribution < 1.29 is 0 Å². The first-order valence-electron chi connectivity index (χ1n) is 4.05. The van der Waals surface area contributed by atoms with E-state index in [0.29, 0.717) is 0 Å². The minimum absolute atomic E-state index is 1.07. The fourth-order valence-electron chi connectivity index (χ4n) is 0.837. The van der Waals surface area contributed by atoms with Gasteiger partial charge >= 0.3 is 0 Å². The van der Waals surface area contributed by atoms with Crippen LogP contribution in [0, 0.1) is 0 Å². The lowest BCUT2D eigenvalue weighted by Crippen LogP contribution is -1.80. The molecule has 9 heavy (non-hydrogen) atoms. The van der Waals surface area contributed by atoms with E-state index >= 15 is 0 Å². The molecule has 54 valence electrons.